The summed E-state index contributed by atoms with van der Waals surface area (Å²) in [5.41, 5.74) is 9.10. The molecule has 0 aliphatic carbocycles. The Morgan fingerprint density at radius 3 is 2.56 bits per heavy atom. The summed E-state index contributed by atoms with van der Waals surface area (Å²) < 4.78 is 40.3. The van der Waals surface area contributed by atoms with E-state index in [4.69, 9.17) is 5.73 Å². The second-order valence-corrected chi connectivity index (χ2v) is 5.99. The molecule has 3 rings (SSSR count). The lowest BCUT2D eigenvalue weighted by Crippen LogP contribution is -2.37. The highest BCUT2D eigenvalue weighted by atomic mass is 35.5. The molecule has 0 bridgehead atoms. The molecule has 3 N–H and O–H groups in total. The van der Waals surface area contributed by atoms with Crippen molar-refractivity contribution in [2.24, 2.45) is 0 Å². The molecule has 0 spiro atoms. The molecule has 0 radical (unpaired) electrons. The lowest BCUT2D eigenvalue weighted by Gasteiger charge is -2.31. The highest BCUT2D eigenvalue weighted by molar-refractivity contribution is 5.94. The third-order valence-corrected chi connectivity index (χ3v) is 4.09. The first-order valence-electron chi connectivity index (χ1n) is 8.10. The van der Waals surface area contributed by atoms with Gasteiger partial charge in [0.15, 0.2) is 0 Å². The number of nitrogens with two attached hydrogens (primary N) is 1. The van der Waals surface area contributed by atoms with Crippen molar-refractivity contribution in [1.82, 2.24) is 0 Å². The number of halogens is 4. The molecule has 2 aromatic rings. The zero-order valence-electron chi connectivity index (χ0n) is 14.3. The highest BCUT2D eigenvalue weighted by Crippen LogP contribution is 2.31. The minimum Gasteiger partial charge on any atom is -0.406 e. The van der Waals surface area contributed by atoms with Crippen molar-refractivity contribution in [3.8, 4) is 5.75 Å². The van der Waals surface area contributed by atoms with Gasteiger partial charge in [0.25, 0.3) is 0 Å². The van der Waals surface area contributed by atoms with E-state index in [9.17, 15) is 18.0 Å². The topological polar surface area (TPSA) is 67.6 Å². The Morgan fingerprint density at radius 1 is 1.19 bits per heavy atom. The second-order valence-electron chi connectivity index (χ2n) is 5.99. The van der Waals surface area contributed by atoms with Gasteiger partial charge in [-0.2, -0.15) is 0 Å². The van der Waals surface area contributed by atoms with E-state index in [2.05, 4.69) is 10.1 Å². The molecule has 0 aromatic heterocycles. The molecule has 1 amide bonds. The van der Waals surface area contributed by atoms with Crippen LogP contribution in [0.1, 0.15) is 12.0 Å². The number of fused-ring (bicyclic) bond motifs is 1. The summed E-state index contributed by atoms with van der Waals surface area (Å²) in [6, 6.07) is 10.7. The van der Waals surface area contributed by atoms with Gasteiger partial charge >= 0.3 is 6.36 Å². The van der Waals surface area contributed by atoms with Crippen LogP contribution in [0.3, 0.4) is 0 Å². The number of nitrogens with one attached hydrogen (secondary N) is 1. The summed E-state index contributed by atoms with van der Waals surface area (Å²) >= 11 is 0. The van der Waals surface area contributed by atoms with E-state index >= 15 is 0 Å². The van der Waals surface area contributed by atoms with Gasteiger partial charge in [0.05, 0.1) is 6.54 Å². The monoisotopic (exact) mass is 401 g/mol. The number of nitrogen functional groups attached to an aromatic ring is 1. The lowest BCUT2D eigenvalue weighted by molar-refractivity contribution is -0.274. The first-order valence-corrected chi connectivity index (χ1v) is 8.10. The number of hydrogen-bond donors (Lipinski definition) is 2. The average Bonchev–Trinajstić information content (AvgIpc) is 2.56. The van der Waals surface area contributed by atoms with Gasteiger partial charge in [0.1, 0.15) is 5.75 Å². The number of alkyl halides is 3. The number of hydrogen-bond acceptors (Lipinski definition) is 4. The maximum atomic E-state index is 12.3. The number of carbonyl (C=O) groups is 1. The average molecular weight is 402 g/mol. The zero-order chi connectivity index (χ0) is 18.7. The Hall–Kier alpha value is -2.61. The third kappa shape index (κ3) is 5.43. The van der Waals surface area contributed by atoms with Crippen LogP contribution in [0.2, 0.25) is 0 Å². The second kappa shape index (κ2) is 8.39. The highest BCUT2D eigenvalue weighted by Gasteiger charge is 2.31. The largest absolute Gasteiger partial charge is 0.573 e. The quantitative estimate of drug-likeness (QED) is 0.760. The van der Waals surface area contributed by atoms with E-state index in [-0.39, 0.29) is 30.6 Å². The minimum atomic E-state index is -4.74. The van der Waals surface area contributed by atoms with E-state index in [1.165, 1.54) is 12.1 Å². The zero-order valence-corrected chi connectivity index (χ0v) is 15.1. The van der Waals surface area contributed by atoms with Crippen LogP contribution in [0, 0.1) is 0 Å². The number of benzene rings is 2. The van der Waals surface area contributed by atoms with Gasteiger partial charge in [-0.15, -0.1) is 25.6 Å². The molecule has 1 aliphatic heterocycles. The summed E-state index contributed by atoms with van der Waals surface area (Å²) in [4.78, 5) is 14.2. The smallest absolute Gasteiger partial charge is 0.406 e. The lowest BCUT2D eigenvalue weighted by atomic mass is 10.00. The van der Waals surface area contributed by atoms with Crippen LogP contribution in [-0.2, 0) is 11.2 Å². The Morgan fingerprint density at radius 2 is 1.89 bits per heavy atom. The van der Waals surface area contributed by atoms with Gasteiger partial charge in [-0.3, -0.25) is 4.79 Å². The van der Waals surface area contributed by atoms with Gasteiger partial charge in [-0.25, -0.2) is 0 Å². The normalized spacial score (nSPS) is 13.4. The number of amides is 1. The molecule has 0 saturated heterocycles. The predicted molar refractivity (Wildman–Crippen MR) is 100 cm³/mol. The van der Waals surface area contributed by atoms with Crippen LogP contribution in [0.15, 0.2) is 42.5 Å². The van der Waals surface area contributed by atoms with Gasteiger partial charge < -0.3 is 20.7 Å². The first kappa shape index (κ1) is 20.7. The number of anilines is 3. The number of carbonyl (C=O) groups excluding carboxylic acids is 1. The maximum Gasteiger partial charge on any atom is 0.573 e. The fourth-order valence-electron chi connectivity index (χ4n) is 3.01. The van der Waals surface area contributed by atoms with Crippen molar-refractivity contribution in [1.29, 1.82) is 0 Å². The Labute approximate surface area is 160 Å². The van der Waals surface area contributed by atoms with Gasteiger partial charge in [0, 0.05) is 23.6 Å². The first-order chi connectivity index (χ1) is 12.3. The Balaban J connectivity index is 0.00000261. The van der Waals surface area contributed by atoms with Crippen LogP contribution < -0.4 is 20.7 Å². The Kier molecular flexibility index (Phi) is 6.43. The molecule has 5 nitrogen and oxygen atoms in total. The Bertz CT molecular complexity index is 797. The third-order valence-electron chi connectivity index (χ3n) is 4.09. The van der Waals surface area contributed by atoms with Crippen molar-refractivity contribution in [2.45, 2.75) is 19.2 Å². The molecular weight excluding hydrogens is 383 g/mol. The van der Waals surface area contributed by atoms with Gasteiger partial charge in [-0.05, 0) is 54.8 Å². The van der Waals surface area contributed by atoms with Crippen molar-refractivity contribution in [3.63, 3.8) is 0 Å². The molecule has 1 heterocycles. The molecule has 146 valence electrons. The van der Waals surface area contributed by atoms with Crippen molar-refractivity contribution in [3.05, 3.63) is 48.0 Å². The summed E-state index contributed by atoms with van der Waals surface area (Å²) in [7, 11) is 0. The predicted octanol–water partition coefficient (Wildman–Crippen LogP) is 3.98. The van der Waals surface area contributed by atoms with Gasteiger partial charge in [0.2, 0.25) is 5.91 Å². The minimum absolute atomic E-state index is 0. The number of ether oxygens (including phenoxy) is 1. The van der Waals surface area contributed by atoms with Crippen LogP contribution >= 0.6 is 12.4 Å². The maximum absolute atomic E-state index is 12.3. The SMILES string of the molecule is Cl.Nc1cccc2c1CCCN2CC(=O)Nc1ccc(OC(F)(F)F)cc1. The molecule has 0 unspecified atom stereocenters. The summed E-state index contributed by atoms with van der Waals surface area (Å²) in [6.45, 7) is 0.874. The van der Waals surface area contributed by atoms with Crippen LogP contribution in [0.4, 0.5) is 30.2 Å². The van der Waals surface area contributed by atoms with Crippen LogP contribution in [-0.4, -0.2) is 25.4 Å². The van der Waals surface area contributed by atoms with Crippen LogP contribution in [0.25, 0.3) is 0 Å². The molecule has 27 heavy (non-hydrogen) atoms. The summed E-state index contributed by atoms with van der Waals surface area (Å²) in [5, 5.41) is 2.68. The summed E-state index contributed by atoms with van der Waals surface area (Å²) in [6.07, 6.45) is -2.97. The summed E-state index contributed by atoms with van der Waals surface area (Å²) in [5.74, 6) is -0.597. The van der Waals surface area contributed by atoms with E-state index in [0.29, 0.717) is 11.4 Å². The number of nitrogens with zero attached hydrogens (tertiary/aromatic N) is 1. The van der Waals surface area contributed by atoms with Crippen molar-refractivity contribution in [2.75, 3.05) is 29.0 Å². The standard InChI is InChI=1S/C18H18F3N3O2.ClH/c19-18(20,21)26-13-8-6-12(7-9-13)23-17(25)11-24-10-2-3-14-15(22)4-1-5-16(14)24;/h1,4-9H,2-3,10-11,22H2,(H,23,25);1H. The van der Waals surface area contributed by atoms with E-state index < -0.39 is 6.36 Å². The van der Waals surface area contributed by atoms with Gasteiger partial charge in [-0.1, -0.05) is 6.07 Å². The molecule has 0 atom stereocenters. The van der Waals surface area contributed by atoms with E-state index in [1.54, 1.807) is 0 Å². The molecule has 9 heteroatoms. The van der Waals surface area contributed by atoms with Crippen LogP contribution in [0.5, 0.6) is 5.75 Å². The molecule has 1 aliphatic rings. The van der Waals surface area contributed by atoms with Crippen molar-refractivity contribution < 1.29 is 22.7 Å². The number of rotatable bonds is 4. The molecule has 0 fully saturated rings. The fourth-order valence-corrected chi connectivity index (χ4v) is 3.01. The van der Waals surface area contributed by atoms with Crippen molar-refractivity contribution >= 4 is 35.4 Å². The molecule has 0 saturated carbocycles. The molecule has 2 aromatic carbocycles. The fraction of sp³-hybridized carbons (Fsp3) is 0.278. The van der Waals surface area contributed by atoms with E-state index in [0.717, 1.165) is 42.8 Å². The molecular formula is C18H19ClF3N3O2. The van der Waals surface area contributed by atoms with E-state index in [1.807, 2.05) is 23.1 Å².